The number of hydrogen-bond acceptors (Lipinski definition) is 4. The third-order valence-electron chi connectivity index (χ3n) is 4.53. The van der Waals surface area contributed by atoms with Gasteiger partial charge in [0.15, 0.2) is 0 Å². The molecule has 1 atom stereocenters. The number of carbonyl (C=O) groups is 1. The van der Waals surface area contributed by atoms with Crippen LogP contribution in [0.25, 0.3) is 0 Å². The second-order valence-electron chi connectivity index (χ2n) is 6.17. The maximum Gasteiger partial charge on any atom is 0.237 e. The van der Waals surface area contributed by atoms with Crippen molar-refractivity contribution in [3.63, 3.8) is 0 Å². The summed E-state index contributed by atoms with van der Waals surface area (Å²) >= 11 is 0. The van der Waals surface area contributed by atoms with E-state index in [1.165, 1.54) is 0 Å². The molecule has 0 spiro atoms. The van der Waals surface area contributed by atoms with E-state index in [1.54, 1.807) is 18.1 Å². The van der Waals surface area contributed by atoms with E-state index in [1.807, 2.05) is 23.9 Å². The Morgan fingerprint density at radius 3 is 2.82 bits per heavy atom. The second-order valence-corrected chi connectivity index (χ2v) is 6.17. The molecule has 1 aliphatic rings. The molecule has 1 aliphatic carbocycles. The van der Waals surface area contributed by atoms with Crippen LogP contribution in [-0.2, 0) is 11.3 Å². The van der Waals surface area contributed by atoms with Crippen LogP contribution in [0.3, 0.4) is 0 Å². The van der Waals surface area contributed by atoms with E-state index < -0.39 is 5.54 Å². The molecule has 1 aromatic heterocycles. The fraction of sp³-hybridized carbons (Fsp3) is 0.688. The number of hydrogen-bond donors (Lipinski definition) is 1. The van der Waals surface area contributed by atoms with Crippen molar-refractivity contribution in [2.24, 2.45) is 0 Å². The zero-order valence-electron chi connectivity index (χ0n) is 13.5. The summed E-state index contributed by atoms with van der Waals surface area (Å²) in [6.07, 6.45) is 8.42. The summed E-state index contributed by atoms with van der Waals surface area (Å²) in [6, 6.07) is 4.41. The van der Waals surface area contributed by atoms with Gasteiger partial charge in [-0.3, -0.25) is 9.48 Å². The zero-order valence-corrected chi connectivity index (χ0v) is 13.5. The summed E-state index contributed by atoms with van der Waals surface area (Å²) in [7, 11) is 1.76. The van der Waals surface area contributed by atoms with Crippen molar-refractivity contribution < 1.29 is 4.79 Å². The summed E-state index contributed by atoms with van der Waals surface area (Å²) in [4.78, 5) is 14.1. The topological polar surface area (TPSA) is 74.0 Å². The van der Waals surface area contributed by atoms with Gasteiger partial charge < -0.3 is 10.2 Å². The maximum absolute atomic E-state index is 12.4. The molecule has 0 aromatic carbocycles. The Kier molecular flexibility index (Phi) is 5.56. The molecule has 1 heterocycles. The molecule has 6 heteroatoms. The van der Waals surface area contributed by atoms with Crippen LogP contribution in [-0.4, -0.2) is 45.8 Å². The lowest BCUT2D eigenvalue weighted by Crippen LogP contribution is -2.53. The molecule has 1 unspecified atom stereocenters. The Morgan fingerprint density at radius 2 is 2.23 bits per heavy atom. The molecule has 6 nitrogen and oxygen atoms in total. The molecular formula is C16H25N5O. The summed E-state index contributed by atoms with van der Waals surface area (Å²) in [5, 5.41) is 16.9. The van der Waals surface area contributed by atoms with Crippen molar-refractivity contribution >= 4 is 5.91 Å². The largest absolute Gasteiger partial charge is 0.326 e. The van der Waals surface area contributed by atoms with E-state index in [4.69, 9.17) is 0 Å². The molecule has 1 amide bonds. The van der Waals surface area contributed by atoms with E-state index in [-0.39, 0.29) is 18.5 Å². The van der Waals surface area contributed by atoms with Gasteiger partial charge in [-0.15, -0.1) is 0 Å². The summed E-state index contributed by atoms with van der Waals surface area (Å²) in [5.41, 5.74) is -0.609. The van der Waals surface area contributed by atoms with Crippen molar-refractivity contribution in [1.82, 2.24) is 20.0 Å². The predicted molar refractivity (Wildman–Crippen MR) is 83.9 cm³/mol. The quantitative estimate of drug-likeness (QED) is 0.865. The molecule has 0 saturated heterocycles. The van der Waals surface area contributed by atoms with Crippen LogP contribution in [0.15, 0.2) is 18.5 Å². The summed E-state index contributed by atoms with van der Waals surface area (Å²) in [6.45, 7) is 2.99. The van der Waals surface area contributed by atoms with Crippen LogP contribution in [0.2, 0.25) is 0 Å². The Labute approximate surface area is 132 Å². The monoisotopic (exact) mass is 303 g/mol. The number of nitriles is 1. The Balaban J connectivity index is 1.84. The molecule has 22 heavy (non-hydrogen) atoms. The molecular weight excluding hydrogens is 278 g/mol. The fourth-order valence-corrected chi connectivity index (χ4v) is 3.03. The first-order valence-corrected chi connectivity index (χ1v) is 7.96. The van der Waals surface area contributed by atoms with Gasteiger partial charge in [0.05, 0.1) is 19.2 Å². The lowest BCUT2D eigenvalue weighted by atomic mass is 9.81. The fourth-order valence-electron chi connectivity index (χ4n) is 3.03. The third-order valence-corrected chi connectivity index (χ3v) is 4.53. The van der Waals surface area contributed by atoms with Crippen molar-refractivity contribution in [3.05, 3.63) is 18.5 Å². The van der Waals surface area contributed by atoms with Crippen molar-refractivity contribution in [3.8, 4) is 6.07 Å². The highest BCUT2D eigenvalue weighted by Gasteiger charge is 2.38. The standard InChI is InChI=1S/C16H25N5O/c1-14(12-21-10-6-9-19-21)18-11-15(22)20(2)16(13-17)7-4-3-5-8-16/h6,9-10,14,18H,3-5,7-8,11-12H2,1-2H3. The lowest BCUT2D eigenvalue weighted by molar-refractivity contribution is -0.134. The number of amides is 1. The van der Waals surface area contributed by atoms with E-state index in [2.05, 4.69) is 16.5 Å². The van der Waals surface area contributed by atoms with Crippen LogP contribution >= 0.6 is 0 Å². The Hall–Kier alpha value is -1.87. The minimum absolute atomic E-state index is 0.0178. The highest BCUT2D eigenvalue weighted by atomic mass is 16.2. The summed E-state index contributed by atoms with van der Waals surface area (Å²) < 4.78 is 1.84. The first-order chi connectivity index (χ1) is 10.6. The van der Waals surface area contributed by atoms with Gasteiger partial charge in [0.25, 0.3) is 0 Å². The molecule has 2 rings (SSSR count). The molecule has 1 fully saturated rings. The Morgan fingerprint density at radius 1 is 1.50 bits per heavy atom. The Bertz CT molecular complexity index is 513. The minimum Gasteiger partial charge on any atom is -0.326 e. The molecule has 0 aliphatic heterocycles. The van der Waals surface area contributed by atoms with E-state index >= 15 is 0 Å². The molecule has 0 radical (unpaired) electrons. The number of nitrogens with zero attached hydrogens (tertiary/aromatic N) is 4. The van der Waals surface area contributed by atoms with Gasteiger partial charge in [0.1, 0.15) is 5.54 Å². The lowest BCUT2D eigenvalue weighted by Gasteiger charge is -2.39. The number of likely N-dealkylation sites (N-methyl/N-ethyl adjacent to an activating group) is 1. The summed E-state index contributed by atoms with van der Waals surface area (Å²) in [5.74, 6) is -0.0178. The van der Waals surface area contributed by atoms with Crippen molar-refractivity contribution in [2.45, 2.75) is 57.2 Å². The molecule has 1 N–H and O–H groups in total. The first-order valence-electron chi connectivity index (χ1n) is 7.96. The molecule has 120 valence electrons. The van der Waals surface area contributed by atoms with Gasteiger partial charge in [0, 0.05) is 25.5 Å². The van der Waals surface area contributed by atoms with Gasteiger partial charge in [0.2, 0.25) is 5.91 Å². The number of nitrogens with one attached hydrogen (secondary N) is 1. The van der Waals surface area contributed by atoms with Crippen molar-refractivity contribution in [1.29, 1.82) is 5.26 Å². The SMILES string of the molecule is CC(Cn1cccn1)NCC(=O)N(C)C1(C#N)CCCCC1. The van der Waals surface area contributed by atoms with E-state index in [0.717, 1.165) is 32.1 Å². The van der Waals surface area contributed by atoms with Crippen LogP contribution < -0.4 is 5.32 Å². The third kappa shape index (κ3) is 3.86. The number of rotatable bonds is 6. The van der Waals surface area contributed by atoms with Crippen LogP contribution in [0, 0.1) is 11.3 Å². The van der Waals surface area contributed by atoms with Gasteiger partial charge >= 0.3 is 0 Å². The van der Waals surface area contributed by atoms with Crippen LogP contribution in [0.4, 0.5) is 0 Å². The number of carbonyl (C=O) groups excluding carboxylic acids is 1. The smallest absolute Gasteiger partial charge is 0.237 e. The van der Waals surface area contributed by atoms with Gasteiger partial charge in [-0.1, -0.05) is 19.3 Å². The average Bonchev–Trinajstić information content (AvgIpc) is 3.05. The van der Waals surface area contributed by atoms with Gasteiger partial charge in [-0.2, -0.15) is 10.4 Å². The predicted octanol–water partition coefficient (Wildman–Crippen LogP) is 1.55. The van der Waals surface area contributed by atoms with E-state index in [9.17, 15) is 10.1 Å². The van der Waals surface area contributed by atoms with Gasteiger partial charge in [-0.05, 0) is 25.8 Å². The normalized spacial score (nSPS) is 18.4. The zero-order chi connectivity index (χ0) is 16.0. The highest BCUT2D eigenvalue weighted by molar-refractivity contribution is 5.79. The van der Waals surface area contributed by atoms with Gasteiger partial charge in [-0.25, -0.2) is 0 Å². The molecule has 1 saturated carbocycles. The average molecular weight is 303 g/mol. The molecule has 0 bridgehead atoms. The van der Waals surface area contributed by atoms with Crippen molar-refractivity contribution in [2.75, 3.05) is 13.6 Å². The first kappa shape index (κ1) is 16.5. The van der Waals surface area contributed by atoms with Crippen LogP contribution in [0.1, 0.15) is 39.0 Å². The second kappa shape index (κ2) is 7.41. The highest BCUT2D eigenvalue weighted by Crippen LogP contribution is 2.32. The van der Waals surface area contributed by atoms with Crippen LogP contribution in [0.5, 0.6) is 0 Å². The minimum atomic E-state index is -0.609. The maximum atomic E-state index is 12.4. The molecule has 1 aromatic rings. The van der Waals surface area contributed by atoms with E-state index in [0.29, 0.717) is 6.54 Å². The number of aromatic nitrogens is 2.